The molecule has 0 aliphatic carbocycles. The number of fused-ring (bicyclic) bond motifs is 1. The Morgan fingerprint density at radius 2 is 1.33 bits per heavy atom. The standard InChI is InChI=1S/C37H41N3O6/c41-34-33-21-12-22-40(33)35(42)31(38-24-27-13-4-1-5-14-27)20-11-10-19-30(36(43)45-25-28-15-6-2-7-16-28)23-32(39-34)37(44)46-26-29-17-8-3-9-18-29/h1-11,13-18,30-33,38H,12,19-26H2,(H,39,41)/b11-10+/t30-,31+,32+,33+/m1/s1. The largest absolute Gasteiger partial charge is 0.461 e. The van der Waals surface area contributed by atoms with Crippen molar-refractivity contribution in [1.82, 2.24) is 15.5 Å². The molecule has 46 heavy (non-hydrogen) atoms. The number of ether oxygens (including phenoxy) is 2. The number of rotatable bonds is 9. The first-order chi connectivity index (χ1) is 22.5. The third kappa shape index (κ3) is 9.14. The highest BCUT2D eigenvalue weighted by molar-refractivity contribution is 5.93. The number of hydrogen-bond acceptors (Lipinski definition) is 7. The molecule has 0 spiro atoms. The second-order valence-corrected chi connectivity index (χ2v) is 11.7. The fourth-order valence-corrected chi connectivity index (χ4v) is 5.84. The van der Waals surface area contributed by atoms with Crippen LogP contribution in [0.3, 0.4) is 0 Å². The molecule has 0 bridgehead atoms. The van der Waals surface area contributed by atoms with Crippen LogP contribution < -0.4 is 10.6 Å². The zero-order valence-corrected chi connectivity index (χ0v) is 25.9. The first-order valence-electron chi connectivity index (χ1n) is 15.9. The van der Waals surface area contributed by atoms with Crippen LogP contribution in [0.15, 0.2) is 103 Å². The second kappa shape index (κ2) is 16.5. The smallest absolute Gasteiger partial charge is 0.328 e. The molecule has 9 heteroatoms. The summed E-state index contributed by atoms with van der Waals surface area (Å²) >= 11 is 0. The SMILES string of the molecule is O=C(OCc1ccccc1)[C@@H]1C/C=C/C[C@H](NCc2ccccc2)C(=O)N2CCC[C@H]2C(=O)N[C@H](C(=O)OCc2ccccc2)C1. The summed E-state index contributed by atoms with van der Waals surface area (Å²) in [6, 6.07) is 26.0. The molecule has 1 saturated heterocycles. The van der Waals surface area contributed by atoms with E-state index >= 15 is 0 Å². The fourth-order valence-electron chi connectivity index (χ4n) is 5.84. The van der Waals surface area contributed by atoms with Gasteiger partial charge in [-0.3, -0.25) is 14.4 Å². The van der Waals surface area contributed by atoms with E-state index in [0.29, 0.717) is 32.4 Å². The molecule has 2 N–H and O–H groups in total. The summed E-state index contributed by atoms with van der Waals surface area (Å²) in [4.78, 5) is 56.1. The first kappa shape index (κ1) is 32.6. The summed E-state index contributed by atoms with van der Waals surface area (Å²) in [6.45, 7) is 1.05. The predicted octanol–water partition coefficient (Wildman–Crippen LogP) is 4.46. The van der Waals surface area contributed by atoms with Gasteiger partial charge in [0.1, 0.15) is 25.3 Å². The molecule has 0 radical (unpaired) electrons. The number of carbonyl (C=O) groups is 4. The van der Waals surface area contributed by atoms with Crippen molar-refractivity contribution in [3.8, 4) is 0 Å². The molecule has 0 saturated carbocycles. The van der Waals surface area contributed by atoms with Gasteiger partial charge in [0.25, 0.3) is 0 Å². The number of carbonyl (C=O) groups excluding carboxylic acids is 4. The van der Waals surface area contributed by atoms with Crippen molar-refractivity contribution in [1.29, 1.82) is 0 Å². The molecule has 240 valence electrons. The Hall–Kier alpha value is -4.76. The van der Waals surface area contributed by atoms with Crippen molar-refractivity contribution in [2.75, 3.05) is 6.54 Å². The molecule has 2 aliphatic heterocycles. The van der Waals surface area contributed by atoms with E-state index in [4.69, 9.17) is 9.47 Å². The third-order valence-electron chi connectivity index (χ3n) is 8.39. The number of hydrogen-bond donors (Lipinski definition) is 2. The minimum Gasteiger partial charge on any atom is -0.461 e. The van der Waals surface area contributed by atoms with Crippen molar-refractivity contribution in [3.63, 3.8) is 0 Å². The summed E-state index contributed by atoms with van der Waals surface area (Å²) in [5.41, 5.74) is 2.68. The highest BCUT2D eigenvalue weighted by Crippen LogP contribution is 2.23. The van der Waals surface area contributed by atoms with Gasteiger partial charge in [-0.1, -0.05) is 103 Å². The molecule has 2 aliphatic rings. The minimum absolute atomic E-state index is 0.00627. The van der Waals surface area contributed by atoms with Crippen LogP contribution in [0.5, 0.6) is 0 Å². The maximum absolute atomic E-state index is 13.8. The number of nitrogens with one attached hydrogen (secondary N) is 2. The molecule has 1 fully saturated rings. The van der Waals surface area contributed by atoms with Gasteiger partial charge in [-0.25, -0.2) is 4.79 Å². The van der Waals surface area contributed by atoms with E-state index in [2.05, 4.69) is 10.6 Å². The molecule has 5 rings (SSSR count). The zero-order valence-electron chi connectivity index (χ0n) is 25.9. The molecule has 0 aromatic heterocycles. The van der Waals surface area contributed by atoms with E-state index < -0.39 is 41.9 Å². The van der Waals surface area contributed by atoms with Gasteiger partial charge in [0, 0.05) is 13.1 Å². The number of amides is 2. The minimum atomic E-state index is -1.11. The average molecular weight is 624 g/mol. The van der Waals surface area contributed by atoms with Crippen LogP contribution in [0.1, 0.15) is 48.8 Å². The maximum Gasteiger partial charge on any atom is 0.328 e. The number of allylic oxidation sites excluding steroid dienone is 1. The topological polar surface area (TPSA) is 114 Å². The van der Waals surface area contributed by atoms with Gasteiger partial charge in [0.2, 0.25) is 11.8 Å². The van der Waals surface area contributed by atoms with Gasteiger partial charge in [0.15, 0.2) is 0 Å². The Kier molecular flexibility index (Phi) is 11.7. The lowest BCUT2D eigenvalue weighted by Crippen LogP contribution is -2.55. The highest BCUT2D eigenvalue weighted by atomic mass is 16.5. The molecule has 3 aromatic rings. The van der Waals surface area contributed by atoms with Crippen LogP contribution in [-0.2, 0) is 48.4 Å². The zero-order chi connectivity index (χ0) is 32.1. The van der Waals surface area contributed by atoms with Gasteiger partial charge >= 0.3 is 11.9 Å². The molecular formula is C37H41N3O6. The van der Waals surface area contributed by atoms with Gasteiger partial charge in [0.05, 0.1) is 12.0 Å². The number of nitrogens with zero attached hydrogens (tertiary/aromatic N) is 1. The fraction of sp³-hybridized carbons (Fsp3) is 0.351. The van der Waals surface area contributed by atoms with E-state index in [9.17, 15) is 19.2 Å². The van der Waals surface area contributed by atoms with Crippen molar-refractivity contribution in [3.05, 3.63) is 120 Å². The summed E-state index contributed by atoms with van der Waals surface area (Å²) in [5, 5.41) is 6.23. The molecule has 0 unspecified atom stereocenters. The lowest BCUT2D eigenvalue weighted by molar-refractivity contribution is -0.154. The molecule has 4 atom stereocenters. The highest BCUT2D eigenvalue weighted by Gasteiger charge is 2.39. The summed E-state index contributed by atoms with van der Waals surface area (Å²) in [5.74, 6) is -2.45. The Morgan fingerprint density at radius 1 is 0.761 bits per heavy atom. The van der Waals surface area contributed by atoms with Crippen molar-refractivity contribution < 1.29 is 28.7 Å². The molecule has 2 amide bonds. The van der Waals surface area contributed by atoms with Crippen LogP contribution in [0.25, 0.3) is 0 Å². The van der Waals surface area contributed by atoms with Crippen molar-refractivity contribution >= 4 is 23.8 Å². The van der Waals surface area contributed by atoms with E-state index in [0.717, 1.165) is 16.7 Å². The Bertz CT molecular complexity index is 1480. The second-order valence-electron chi connectivity index (χ2n) is 11.7. The van der Waals surface area contributed by atoms with Gasteiger partial charge in [-0.2, -0.15) is 0 Å². The van der Waals surface area contributed by atoms with E-state index in [1.807, 2.05) is 103 Å². The van der Waals surface area contributed by atoms with Crippen LogP contribution in [-0.4, -0.2) is 53.3 Å². The first-order valence-corrected chi connectivity index (χ1v) is 15.9. The summed E-state index contributed by atoms with van der Waals surface area (Å²) in [7, 11) is 0. The van der Waals surface area contributed by atoms with Gasteiger partial charge in [-0.05, 0) is 48.8 Å². The van der Waals surface area contributed by atoms with E-state index in [-0.39, 0.29) is 32.0 Å². The molecular weight excluding hydrogens is 582 g/mol. The quantitative estimate of drug-likeness (QED) is 0.267. The Morgan fingerprint density at radius 3 is 1.96 bits per heavy atom. The van der Waals surface area contributed by atoms with Gasteiger partial charge in [-0.15, -0.1) is 0 Å². The molecule has 2 heterocycles. The lowest BCUT2D eigenvalue weighted by atomic mass is 9.95. The van der Waals surface area contributed by atoms with Crippen LogP contribution in [0.4, 0.5) is 0 Å². The number of benzene rings is 3. The normalized spacial score (nSPS) is 22.7. The van der Waals surface area contributed by atoms with E-state index in [1.165, 1.54) is 0 Å². The third-order valence-corrected chi connectivity index (χ3v) is 8.39. The Balaban J connectivity index is 1.37. The Labute approximate surface area is 270 Å². The summed E-state index contributed by atoms with van der Waals surface area (Å²) < 4.78 is 11.3. The number of esters is 2. The van der Waals surface area contributed by atoms with Crippen molar-refractivity contribution in [2.45, 2.75) is 70.0 Å². The summed E-state index contributed by atoms with van der Waals surface area (Å²) in [6.07, 6.45) is 5.53. The van der Waals surface area contributed by atoms with E-state index in [1.54, 1.807) is 4.90 Å². The van der Waals surface area contributed by atoms with Crippen LogP contribution >= 0.6 is 0 Å². The average Bonchev–Trinajstić information content (AvgIpc) is 3.59. The lowest BCUT2D eigenvalue weighted by Gasteiger charge is -2.29. The molecule has 3 aromatic carbocycles. The van der Waals surface area contributed by atoms with Crippen LogP contribution in [0, 0.1) is 5.92 Å². The van der Waals surface area contributed by atoms with Gasteiger partial charge < -0.3 is 25.0 Å². The maximum atomic E-state index is 13.8. The van der Waals surface area contributed by atoms with Crippen LogP contribution in [0.2, 0.25) is 0 Å². The van der Waals surface area contributed by atoms with Crippen molar-refractivity contribution in [2.24, 2.45) is 5.92 Å². The predicted molar refractivity (Wildman–Crippen MR) is 173 cm³/mol. The molecule has 9 nitrogen and oxygen atoms in total. The monoisotopic (exact) mass is 623 g/mol.